The molecule has 3 fully saturated rings. The number of benzene rings is 1. The number of nitrogens with one attached hydrogen (secondary N) is 1. The van der Waals surface area contributed by atoms with Crippen LogP contribution in [0.25, 0.3) is 0 Å². The molecule has 4 rings (SSSR count). The van der Waals surface area contributed by atoms with Crippen LogP contribution in [0.3, 0.4) is 0 Å². The summed E-state index contributed by atoms with van der Waals surface area (Å²) in [6.45, 7) is 1.59. The van der Waals surface area contributed by atoms with Gasteiger partial charge >= 0.3 is 0 Å². The van der Waals surface area contributed by atoms with Gasteiger partial charge in [0.1, 0.15) is 6.04 Å². The average molecular weight is 593 g/mol. The molecule has 0 radical (unpaired) electrons. The lowest BCUT2D eigenvalue weighted by Gasteiger charge is -2.39. The van der Waals surface area contributed by atoms with E-state index in [0.717, 1.165) is 37.4 Å². The number of piperazine rings is 1. The van der Waals surface area contributed by atoms with Crippen LogP contribution in [0.2, 0.25) is 0 Å². The molecule has 3 aliphatic rings. The molecule has 40 heavy (non-hydrogen) atoms. The topological polar surface area (TPSA) is 147 Å². The van der Waals surface area contributed by atoms with Crippen molar-refractivity contribution in [3.05, 3.63) is 35.9 Å². The van der Waals surface area contributed by atoms with E-state index >= 15 is 0 Å². The predicted octanol–water partition coefficient (Wildman–Crippen LogP) is 1.82. The molecule has 2 heterocycles. The summed E-state index contributed by atoms with van der Waals surface area (Å²) in [5.74, 6) is -0.852. The van der Waals surface area contributed by atoms with Gasteiger partial charge in [0.05, 0.1) is 18.3 Å². The highest BCUT2D eigenvalue weighted by Gasteiger charge is 2.47. The molecule has 2 amide bonds. The van der Waals surface area contributed by atoms with Crippen LogP contribution in [0, 0.1) is 5.92 Å². The first-order chi connectivity index (χ1) is 19.1. The van der Waals surface area contributed by atoms with E-state index < -0.39 is 50.9 Å². The zero-order chi connectivity index (χ0) is 28.9. The van der Waals surface area contributed by atoms with Crippen molar-refractivity contribution < 1.29 is 27.6 Å². The second-order valence-electron chi connectivity index (χ2n) is 11.1. The van der Waals surface area contributed by atoms with Crippen molar-refractivity contribution in [2.45, 2.75) is 88.2 Å². The number of Topliss-reactive ketones (excluding diaryl/α,β-unsaturated/α-hetero) is 1. The highest BCUT2D eigenvalue weighted by Crippen LogP contribution is 2.31. The Labute approximate surface area is 240 Å². The molecule has 0 bridgehead atoms. The number of nitrogens with two attached hydrogens (primary N) is 1. The first-order valence-electron chi connectivity index (χ1n) is 14.2. The molecule has 220 valence electrons. The van der Waals surface area contributed by atoms with Crippen LogP contribution < -0.4 is 11.1 Å². The monoisotopic (exact) mass is 592 g/mol. The summed E-state index contributed by atoms with van der Waals surface area (Å²) in [4.78, 5) is 53.5. The van der Waals surface area contributed by atoms with Gasteiger partial charge in [-0.1, -0.05) is 49.0 Å². The molecule has 1 saturated carbocycles. The third-order valence-electron chi connectivity index (χ3n) is 8.27. The Morgan fingerprint density at radius 3 is 2.45 bits per heavy atom. The van der Waals surface area contributed by atoms with E-state index in [0.29, 0.717) is 42.9 Å². The number of thioether (sulfide) groups is 1. The summed E-state index contributed by atoms with van der Waals surface area (Å²) in [7, 11) is -3.72. The van der Waals surface area contributed by atoms with E-state index in [1.54, 1.807) is 31.2 Å². The molecule has 1 aromatic carbocycles. The minimum Gasteiger partial charge on any atom is -0.344 e. The molecular weight excluding hydrogens is 552 g/mol. The zero-order valence-corrected chi connectivity index (χ0v) is 24.6. The molecule has 12 heteroatoms. The molecule has 1 unspecified atom stereocenters. The Balaban J connectivity index is 1.40. The maximum Gasteiger partial charge on any atom is 0.257 e. The maximum atomic E-state index is 13.4. The SMILES string of the molecule is CCSC(=O)C(=O)C(CCC1CCC(N)CC1)NC(=O)[C@@H]1CC[C@H]2CN(S(=O)(=O)Cc3ccccc3)CC(=O)N21. The Morgan fingerprint density at radius 1 is 1.07 bits per heavy atom. The van der Waals surface area contributed by atoms with E-state index in [4.69, 9.17) is 5.73 Å². The molecule has 3 N–H and O–H groups in total. The van der Waals surface area contributed by atoms with E-state index in [9.17, 15) is 27.6 Å². The summed E-state index contributed by atoms with van der Waals surface area (Å²) >= 11 is 0.927. The number of hydrogen-bond donors (Lipinski definition) is 2. The number of carbonyl (C=O) groups excluding carboxylic acids is 4. The number of ketones is 1. The summed E-state index contributed by atoms with van der Waals surface area (Å²) in [5.41, 5.74) is 6.66. The first kappa shape index (κ1) is 30.7. The molecule has 2 aliphatic heterocycles. The van der Waals surface area contributed by atoms with Crippen molar-refractivity contribution >= 4 is 44.5 Å². The van der Waals surface area contributed by atoms with E-state index in [-0.39, 0.29) is 24.9 Å². The summed E-state index contributed by atoms with van der Waals surface area (Å²) in [6, 6.07) is 6.86. The molecule has 1 aliphatic carbocycles. The van der Waals surface area contributed by atoms with Gasteiger partial charge in [-0.15, -0.1) is 0 Å². The molecule has 10 nitrogen and oxygen atoms in total. The minimum absolute atomic E-state index is 0.127. The Hall–Kier alpha value is -2.28. The number of fused-ring (bicyclic) bond motifs is 1. The Kier molecular flexibility index (Phi) is 10.4. The number of nitrogens with zero attached hydrogens (tertiary/aromatic N) is 2. The fourth-order valence-electron chi connectivity index (χ4n) is 6.08. The molecule has 1 aromatic rings. The second-order valence-corrected chi connectivity index (χ2v) is 14.3. The quantitative estimate of drug-likeness (QED) is 0.370. The fraction of sp³-hybridized carbons (Fsp3) is 0.643. The number of sulfonamides is 1. The summed E-state index contributed by atoms with van der Waals surface area (Å²) < 4.78 is 27.3. The summed E-state index contributed by atoms with van der Waals surface area (Å²) in [6.07, 6.45) is 5.69. The lowest BCUT2D eigenvalue weighted by molar-refractivity contribution is -0.144. The summed E-state index contributed by atoms with van der Waals surface area (Å²) in [5, 5.41) is 2.23. The maximum absolute atomic E-state index is 13.4. The van der Waals surface area contributed by atoms with Crippen LogP contribution in [-0.4, -0.2) is 83.3 Å². The number of rotatable bonds is 11. The molecular formula is C28H40N4O6S2. The fourth-order valence-corrected chi connectivity index (χ4v) is 8.13. The molecule has 2 saturated heterocycles. The third kappa shape index (κ3) is 7.51. The van der Waals surface area contributed by atoms with Gasteiger partial charge in [-0.3, -0.25) is 19.2 Å². The number of amides is 2. The Bertz CT molecular complexity index is 1190. The zero-order valence-electron chi connectivity index (χ0n) is 23.0. The van der Waals surface area contributed by atoms with E-state index in [1.807, 2.05) is 6.07 Å². The first-order valence-corrected chi connectivity index (χ1v) is 16.8. The van der Waals surface area contributed by atoms with Crippen molar-refractivity contribution in [3.63, 3.8) is 0 Å². The van der Waals surface area contributed by atoms with Gasteiger partial charge in [-0.25, -0.2) is 8.42 Å². The van der Waals surface area contributed by atoms with Gasteiger partial charge in [-0.05, 0) is 68.6 Å². The minimum atomic E-state index is -3.72. The van der Waals surface area contributed by atoms with Crippen molar-refractivity contribution in [2.24, 2.45) is 11.7 Å². The Morgan fingerprint density at radius 2 is 1.77 bits per heavy atom. The van der Waals surface area contributed by atoms with E-state index in [1.165, 1.54) is 9.21 Å². The van der Waals surface area contributed by atoms with Crippen LogP contribution in [0.1, 0.15) is 63.9 Å². The second kappa shape index (κ2) is 13.6. The average Bonchev–Trinajstić information content (AvgIpc) is 3.37. The molecule has 3 atom stereocenters. The van der Waals surface area contributed by atoms with Gasteiger partial charge in [0, 0.05) is 18.6 Å². The number of carbonyl (C=O) groups is 4. The largest absolute Gasteiger partial charge is 0.344 e. The van der Waals surface area contributed by atoms with Crippen molar-refractivity contribution in [1.82, 2.24) is 14.5 Å². The van der Waals surface area contributed by atoms with Gasteiger partial charge in [0.2, 0.25) is 27.6 Å². The van der Waals surface area contributed by atoms with Crippen LogP contribution in [-0.2, 0) is 35.0 Å². The predicted molar refractivity (Wildman–Crippen MR) is 154 cm³/mol. The highest BCUT2D eigenvalue weighted by molar-refractivity contribution is 8.15. The van der Waals surface area contributed by atoms with Gasteiger partial charge in [-0.2, -0.15) is 4.31 Å². The normalized spacial score (nSPS) is 26.2. The van der Waals surface area contributed by atoms with Gasteiger partial charge in [0.15, 0.2) is 0 Å². The molecule has 0 aromatic heterocycles. The van der Waals surface area contributed by atoms with Crippen LogP contribution in [0.4, 0.5) is 0 Å². The van der Waals surface area contributed by atoms with Crippen molar-refractivity contribution in [2.75, 3.05) is 18.8 Å². The highest BCUT2D eigenvalue weighted by atomic mass is 32.2. The lowest BCUT2D eigenvalue weighted by atomic mass is 9.83. The lowest BCUT2D eigenvalue weighted by Crippen LogP contribution is -2.60. The van der Waals surface area contributed by atoms with Crippen LogP contribution in [0.5, 0.6) is 0 Å². The smallest absolute Gasteiger partial charge is 0.257 e. The third-order valence-corrected chi connectivity index (χ3v) is 10.8. The van der Waals surface area contributed by atoms with Crippen molar-refractivity contribution in [1.29, 1.82) is 0 Å². The van der Waals surface area contributed by atoms with Crippen molar-refractivity contribution in [3.8, 4) is 0 Å². The molecule has 0 spiro atoms. The van der Waals surface area contributed by atoms with Gasteiger partial charge < -0.3 is 16.0 Å². The standard InChI is InChI=1S/C28H40N4O6S2/c1-2-39-28(36)26(34)23(14-10-19-8-11-21(29)12-9-19)30-27(35)24-15-13-22-16-31(17-25(33)32(22)24)40(37,38)18-20-6-4-3-5-7-20/h3-7,19,21-24H,2,8-18,29H2,1H3,(H,30,35)/t19?,21?,22-,23?,24-/m0/s1. The van der Waals surface area contributed by atoms with Crippen LogP contribution >= 0.6 is 11.8 Å². The van der Waals surface area contributed by atoms with E-state index in [2.05, 4.69) is 5.32 Å². The van der Waals surface area contributed by atoms with Gasteiger partial charge in [0.25, 0.3) is 5.12 Å². The number of hydrogen-bond acceptors (Lipinski definition) is 8. The van der Waals surface area contributed by atoms with Crippen LogP contribution in [0.15, 0.2) is 30.3 Å².